The molecule has 3 rings (SSSR count). The number of aryl methyl sites for hydroxylation is 1. The molecular weight excluding hydrogens is 332 g/mol. The normalized spacial score (nSPS) is 11.0. The van der Waals surface area contributed by atoms with E-state index in [-0.39, 0.29) is 5.91 Å². The number of halogens is 1. The zero-order valence-corrected chi connectivity index (χ0v) is 13.4. The second kappa shape index (κ2) is 5.41. The molecule has 0 aliphatic heterocycles. The van der Waals surface area contributed by atoms with Gasteiger partial charge in [-0.15, -0.1) is 0 Å². The van der Waals surface area contributed by atoms with Gasteiger partial charge in [-0.3, -0.25) is 4.79 Å². The maximum Gasteiger partial charge on any atom is 0.287 e. The van der Waals surface area contributed by atoms with Crippen molar-refractivity contribution in [2.45, 2.75) is 13.5 Å². The highest BCUT2D eigenvalue weighted by molar-refractivity contribution is 9.10. The Bertz CT molecular complexity index is 817. The third kappa shape index (κ3) is 2.49. The fraction of sp³-hybridized carbons (Fsp3) is 0.188. The summed E-state index contributed by atoms with van der Waals surface area (Å²) in [6, 6.07) is 11.5. The summed E-state index contributed by atoms with van der Waals surface area (Å²) in [6.07, 6.45) is 0. The lowest BCUT2D eigenvalue weighted by atomic mass is 10.1. The quantitative estimate of drug-likeness (QED) is 0.784. The van der Waals surface area contributed by atoms with Crippen LogP contribution in [0.15, 0.2) is 45.5 Å². The number of rotatable bonds is 3. The largest absolute Gasteiger partial charge is 0.444 e. The lowest BCUT2D eigenvalue weighted by molar-refractivity contribution is 0.0922. The summed E-state index contributed by atoms with van der Waals surface area (Å²) >= 11 is 3.19. The van der Waals surface area contributed by atoms with E-state index in [2.05, 4.69) is 44.9 Å². The van der Waals surface area contributed by atoms with E-state index in [0.29, 0.717) is 17.0 Å². The van der Waals surface area contributed by atoms with Crippen LogP contribution >= 0.6 is 15.9 Å². The minimum Gasteiger partial charge on any atom is -0.444 e. The van der Waals surface area contributed by atoms with Crippen molar-refractivity contribution >= 4 is 32.7 Å². The van der Waals surface area contributed by atoms with Crippen LogP contribution in [0.3, 0.4) is 0 Å². The van der Waals surface area contributed by atoms with Crippen LogP contribution < -0.4 is 5.32 Å². The van der Waals surface area contributed by atoms with Crippen molar-refractivity contribution in [3.63, 3.8) is 0 Å². The molecule has 2 aromatic heterocycles. The summed E-state index contributed by atoms with van der Waals surface area (Å²) in [4.78, 5) is 12.1. The van der Waals surface area contributed by atoms with E-state index in [9.17, 15) is 4.79 Å². The average Bonchev–Trinajstić information content (AvgIpc) is 3.02. The van der Waals surface area contributed by atoms with Gasteiger partial charge in [0.1, 0.15) is 0 Å². The molecule has 0 unspecified atom stereocenters. The summed E-state index contributed by atoms with van der Waals surface area (Å²) in [5, 5.41) is 4.07. The van der Waals surface area contributed by atoms with Gasteiger partial charge in [0.15, 0.2) is 10.4 Å². The molecule has 21 heavy (non-hydrogen) atoms. The van der Waals surface area contributed by atoms with Gasteiger partial charge in [-0.2, -0.15) is 0 Å². The summed E-state index contributed by atoms with van der Waals surface area (Å²) in [5.74, 6) is 0.0906. The van der Waals surface area contributed by atoms with Crippen molar-refractivity contribution in [3.05, 3.63) is 58.1 Å². The number of hydrogen-bond acceptors (Lipinski definition) is 2. The van der Waals surface area contributed by atoms with Crippen molar-refractivity contribution in [1.29, 1.82) is 0 Å². The molecular formula is C16H15BrN2O2. The summed E-state index contributed by atoms with van der Waals surface area (Å²) in [6.45, 7) is 2.54. The van der Waals surface area contributed by atoms with Gasteiger partial charge >= 0.3 is 0 Å². The van der Waals surface area contributed by atoms with E-state index in [0.717, 1.165) is 11.3 Å². The molecule has 1 amide bonds. The Morgan fingerprint density at radius 1 is 1.29 bits per heavy atom. The first kappa shape index (κ1) is 13.9. The molecule has 0 saturated heterocycles. The fourth-order valence-electron chi connectivity index (χ4n) is 2.51. The number of aromatic nitrogens is 1. The molecule has 5 heteroatoms. The lowest BCUT2D eigenvalue weighted by Crippen LogP contribution is -2.22. The minimum absolute atomic E-state index is 0.215. The lowest BCUT2D eigenvalue weighted by Gasteiger charge is -2.04. The van der Waals surface area contributed by atoms with E-state index < -0.39 is 0 Å². The van der Waals surface area contributed by atoms with Crippen molar-refractivity contribution in [3.8, 4) is 0 Å². The number of carbonyl (C=O) groups is 1. The first-order valence-corrected chi connectivity index (χ1v) is 7.43. The van der Waals surface area contributed by atoms with Crippen LogP contribution in [0.4, 0.5) is 0 Å². The third-order valence-electron chi connectivity index (χ3n) is 3.75. The van der Waals surface area contributed by atoms with Crippen molar-refractivity contribution < 1.29 is 9.21 Å². The first-order chi connectivity index (χ1) is 10.1. The summed E-state index contributed by atoms with van der Waals surface area (Å²) in [5.41, 5.74) is 3.45. The topological polar surface area (TPSA) is 47.2 Å². The van der Waals surface area contributed by atoms with Crippen LogP contribution in [0.1, 0.15) is 21.8 Å². The van der Waals surface area contributed by atoms with Gasteiger partial charge in [0.05, 0.1) is 0 Å². The maximum atomic E-state index is 12.1. The molecule has 1 N–H and O–H groups in total. The molecule has 108 valence electrons. The minimum atomic E-state index is -0.215. The highest BCUT2D eigenvalue weighted by Crippen LogP contribution is 2.24. The monoisotopic (exact) mass is 346 g/mol. The van der Waals surface area contributed by atoms with Crippen molar-refractivity contribution in [1.82, 2.24) is 9.88 Å². The van der Waals surface area contributed by atoms with E-state index in [1.165, 1.54) is 10.9 Å². The SMILES string of the molecule is Cc1c(CNC(=O)c2ccc(Br)o2)c2ccccc2n1C. The molecule has 0 spiro atoms. The second-order valence-electron chi connectivity index (χ2n) is 4.93. The van der Waals surface area contributed by atoms with Crippen LogP contribution in [-0.4, -0.2) is 10.5 Å². The molecule has 2 heterocycles. The first-order valence-electron chi connectivity index (χ1n) is 6.64. The number of fused-ring (bicyclic) bond motifs is 1. The zero-order valence-electron chi connectivity index (χ0n) is 11.8. The molecule has 0 radical (unpaired) electrons. The molecule has 0 atom stereocenters. The van der Waals surface area contributed by atoms with Crippen LogP contribution in [0.2, 0.25) is 0 Å². The number of furan rings is 1. The predicted octanol–water partition coefficient (Wildman–Crippen LogP) is 3.77. The second-order valence-corrected chi connectivity index (χ2v) is 5.71. The van der Waals surface area contributed by atoms with Crippen molar-refractivity contribution in [2.24, 2.45) is 7.05 Å². The highest BCUT2D eigenvalue weighted by atomic mass is 79.9. The van der Waals surface area contributed by atoms with E-state index in [1.54, 1.807) is 12.1 Å². The fourth-order valence-corrected chi connectivity index (χ4v) is 2.82. The Kier molecular flexibility index (Phi) is 3.59. The van der Waals surface area contributed by atoms with Crippen LogP contribution in [0.25, 0.3) is 10.9 Å². The average molecular weight is 347 g/mol. The van der Waals surface area contributed by atoms with Gasteiger partial charge in [0.25, 0.3) is 5.91 Å². The van der Waals surface area contributed by atoms with Gasteiger partial charge in [-0.05, 0) is 46.6 Å². The smallest absolute Gasteiger partial charge is 0.287 e. The number of para-hydroxylation sites is 1. The number of hydrogen-bond donors (Lipinski definition) is 1. The molecule has 3 aromatic rings. The molecule has 0 saturated carbocycles. The van der Waals surface area contributed by atoms with Crippen molar-refractivity contribution in [2.75, 3.05) is 0 Å². The van der Waals surface area contributed by atoms with E-state index >= 15 is 0 Å². The Hall–Kier alpha value is -2.01. The van der Waals surface area contributed by atoms with Crippen LogP contribution in [-0.2, 0) is 13.6 Å². The predicted molar refractivity (Wildman–Crippen MR) is 85.2 cm³/mol. The molecule has 0 aliphatic carbocycles. The van der Waals surface area contributed by atoms with Gasteiger partial charge in [0.2, 0.25) is 0 Å². The maximum absolute atomic E-state index is 12.1. The molecule has 0 aliphatic rings. The van der Waals surface area contributed by atoms with Crippen LogP contribution in [0.5, 0.6) is 0 Å². The molecule has 0 bridgehead atoms. The number of amides is 1. The standard InChI is InChI=1S/C16H15BrN2O2/c1-10-12(11-5-3-4-6-13(11)19(10)2)9-18-16(20)14-7-8-15(17)21-14/h3-8H,9H2,1-2H3,(H,18,20). The summed E-state index contributed by atoms with van der Waals surface area (Å²) < 4.78 is 7.95. The number of carbonyl (C=O) groups excluding carboxylic acids is 1. The van der Waals surface area contributed by atoms with Gasteiger partial charge < -0.3 is 14.3 Å². The Balaban J connectivity index is 1.86. The Labute approximate surface area is 130 Å². The highest BCUT2D eigenvalue weighted by Gasteiger charge is 2.14. The summed E-state index contributed by atoms with van der Waals surface area (Å²) in [7, 11) is 2.03. The number of nitrogens with zero attached hydrogens (tertiary/aromatic N) is 1. The van der Waals surface area contributed by atoms with Gasteiger partial charge in [-0.25, -0.2) is 0 Å². The third-order valence-corrected chi connectivity index (χ3v) is 4.18. The molecule has 1 aromatic carbocycles. The Morgan fingerprint density at radius 2 is 2.05 bits per heavy atom. The zero-order chi connectivity index (χ0) is 15.0. The molecule has 4 nitrogen and oxygen atoms in total. The van der Waals surface area contributed by atoms with Gasteiger partial charge in [0, 0.05) is 30.2 Å². The van der Waals surface area contributed by atoms with Gasteiger partial charge in [-0.1, -0.05) is 18.2 Å². The van der Waals surface area contributed by atoms with E-state index in [1.807, 2.05) is 19.2 Å². The Morgan fingerprint density at radius 3 is 2.76 bits per heavy atom. The molecule has 0 fully saturated rings. The number of nitrogens with one attached hydrogen (secondary N) is 1. The number of benzene rings is 1. The van der Waals surface area contributed by atoms with E-state index in [4.69, 9.17) is 4.42 Å². The van der Waals surface area contributed by atoms with Crippen LogP contribution in [0, 0.1) is 6.92 Å².